The number of aliphatic hydroxyl groups is 2. The summed E-state index contributed by atoms with van der Waals surface area (Å²) in [7, 11) is 1.00. The van der Waals surface area contributed by atoms with Gasteiger partial charge in [0.15, 0.2) is 0 Å². The van der Waals surface area contributed by atoms with Crippen molar-refractivity contribution in [3.05, 3.63) is 106 Å². The van der Waals surface area contributed by atoms with E-state index in [1.165, 1.54) is 0 Å². The molecule has 4 aromatic rings. The second-order valence-corrected chi connectivity index (χ2v) is 14.6. The first-order valence-corrected chi connectivity index (χ1v) is 18.2. The minimum Gasteiger partial charge on any atom is -0.481 e. The lowest BCUT2D eigenvalue weighted by molar-refractivity contribution is -0.136. The van der Waals surface area contributed by atoms with Crippen molar-refractivity contribution in [3.63, 3.8) is 0 Å². The van der Waals surface area contributed by atoms with Gasteiger partial charge in [0, 0.05) is 43.4 Å². The lowest BCUT2D eigenvalue weighted by Crippen LogP contribution is -2.38. The summed E-state index contributed by atoms with van der Waals surface area (Å²) >= 11 is 1.64. The third kappa shape index (κ3) is 8.75. The molecule has 3 heterocycles. The number of piperidine rings is 1. The van der Waals surface area contributed by atoms with Gasteiger partial charge in [-0.2, -0.15) is 0 Å². The maximum atomic E-state index is 14.2. The summed E-state index contributed by atoms with van der Waals surface area (Å²) in [5.74, 6) is -0.805. The quantitative estimate of drug-likeness (QED) is 0.173. The standard InChI is InChI=1S/C36H37N3O3S.C4H10O.CH4O/c1-22-10-12-25(13-11-22)33-24(3)34-30-18-26(36(42)38-17-6-5-9-31(38)27-8-7-16-37-20-27)14-15-28(30)21-39(43-4)35(34)23(2)29(33)19-32(40)41;1-4(2,3)5;1-2/h7-8,10-16,18,20,31H,5-6,9,17,19,21H2,1-4H3,(H,40,41);5H,1-3H3;2H,1H3/t31-;;/m0../s1. The number of likely N-dealkylation sites (tertiary alicyclic amines) is 1. The molecule has 2 aliphatic rings. The van der Waals surface area contributed by atoms with Gasteiger partial charge < -0.3 is 24.5 Å². The average molecular weight is 698 g/mol. The molecule has 0 spiro atoms. The Morgan fingerprint density at radius 3 is 2.24 bits per heavy atom. The van der Waals surface area contributed by atoms with Crippen LogP contribution in [0.3, 0.4) is 0 Å². The summed E-state index contributed by atoms with van der Waals surface area (Å²) in [5, 5.41) is 25.5. The van der Waals surface area contributed by atoms with Crippen LogP contribution in [0.5, 0.6) is 0 Å². The van der Waals surface area contributed by atoms with Crippen LogP contribution < -0.4 is 4.31 Å². The summed E-state index contributed by atoms with van der Waals surface area (Å²) in [5.41, 5.74) is 11.6. The van der Waals surface area contributed by atoms with E-state index in [1.54, 1.807) is 38.9 Å². The number of carboxylic acid groups (broad SMARTS) is 1. The number of hydrogen-bond donors (Lipinski definition) is 3. The molecule has 2 aliphatic heterocycles. The Kier molecular flexibility index (Phi) is 12.9. The van der Waals surface area contributed by atoms with Gasteiger partial charge in [-0.25, -0.2) is 0 Å². The molecule has 1 atom stereocenters. The third-order valence-corrected chi connectivity index (χ3v) is 9.76. The zero-order valence-electron chi connectivity index (χ0n) is 30.6. The second kappa shape index (κ2) is 16.7. The molecule has 1 amide bonds. The van der Waals surface area contributed by atoms with Gasteiger partial charge >= 0.3 is 5.97 Å². The Bertz CT molecular complexity index is 1800. The number of carboxylic acids is 1. The Labute approximate surface area is 301 Å². The summed E-state index contributed by atoms with van der Waals surface area (Å²) < 4.78 is 2.26. The molecule has 1 saturated heterocycles. The maximum absolute atomic E-state index is 14.2. The van der Waals surface area contributed by atoms with Crippen molar-refractivity contribution in [3.8, 4) is 22.3 Å². The zero-order chi connectivity index (χ0) is 36.7. The number of rotatable bonds is 6. The number of amides is 1. The summed E-state index contributed by atoms with van der Waals surface area (Å²) in [6.07, 6.45) is 8.66. The van der Waals surface area contributed by atoms with Crippen LogP contribution >= 0.6 is 11.9 Å². The van der Waals surface area contributed by atoms with Gasteiger partial charge in [-0.05, 0) is 124 Å². The van der Waals surface area contributed by atoms with Crippen LogP contribution in [-0.2, 0) is 17.8 Å². The Morgan fingerprint density at radius 2 is 1.64 bits per heavy atom. The Balaban J connectivity index is 0.000000738. The molecule has 6 rings (SSSR count). The van der Waals surface area contributed by atoms with E-state index >= 15 is 0 Å². The molecule has 3 aromatic carbocycles. The van der Waals surface area contributed by atoms with Gasteiger partial charge in [-0.3, -0.25) is 14.6 Å². The molecule has 1 aromatic heterocycles. The summed E-state index contributed by atoms with van der Waals surface area (Å²) in [4.78, 5) is 32.6. The SMILES string of the molecule is CC(C)(C)O.CO.CSN1Cc2ccc(C(=O)N3CCCC[C@H]3c3cccnc3)cc2-c2c(C)c(-c3ccc(C)cc3)c(CC(=O)O)c(C)c21. The molecule has 266 valence electrons. The van der Waals surface area contributed by atoms with Crippen molar-refractivity contribution in [2.75, 3.05) is 24.2 Å². The number of carbonyl (C=O) groups is 2. The number of anilines is 1. The van der Waals surface area contributed by atoms with Crippen LogP contribution in [0, 0.1) is 20.8 Å². The molecule has 3 N–H and O–H groups in total. The van der Waals surface area contributed by atoms with Crippen molar-refractivity contribution in [1.82, 2.24) is 9.88 Å². The zero-order valence-corrected chi connectivity index (χ0v) is 31.4. The lowest BCUT2D eigenvalue weighted by atomic mass is 9.80. The minimum absolute atomic E-state index is 0.0148. The number of fused-ring (bicyclic) bond motifs is 3. The molecule has 0 radical (unpaired) electrons. The van der Waals surface area contributed by atoms with E-state index in [-0.39, 0.29) is 18.4 Å². The number of pyridine rings is 1. The van der Waals surface area contributed by atoms with E-state index in [2.05, 4.69) is 71.9 Å². The lowest BCUT2D eigenvalue weighted by Gasteiger charge is -2.37. The van der Waals surface area contributed by atoms with Crippen LogP contribution in [0.1, 0.15) is 89.8 Å². The van der Waals surface area contributed by atoms with E-state index in [9.17, 15) is 14.7 Å². The highest BCUT2D eigenvalue weighted by molar-refractivity contribution is 7.99. The molecule has 1 fully saturated rings. The highest BCUT2D eigenvalue weighted by Gasteiger charge is 2.33. The first kappa shape index (κ1) is 38.6. The number of benzene rings is 3. The van der Waals surface area contributed by atoms with Gasteiger partial charge in [-0.15, -0.1) is 0 Å². The molecular weight excluding hydrogens is 647 g/mol. The topological polar surface area (TPSA) is 114 Å². The fourth-order valence-electron chi connectivity index (χ4n) is 6.90. The largest absolute Gasteiger partial charge is 0.481 e. The number of carbonyl (C=O) groups excluding carboxylic acids is 1. The Morgan fingerprint density at radius 1 is 0.960 bits per heavy atom. The maximum Gasteiger partial charge on any atom is 0.307 e. The van der Waals surface area contributed by atoms with E-state index in [4.69, 9.17) is 10.2 Å². The number of aliphatic carboxylic acids is 1. The number of hydrogen-bond acceptors (Lipinski definition) is 7. The summed E-state index contributed by atoms with van der Waals surface area (Å²) in [6, 6.07) is 18.5. The van der Waals surface area contributed by atoms with Gasteiger partial charge in [0.1, 0.15) is 0 Å². The van der Waals surface area contributed by atoms with Gasteiger partial charge in [0.25, 0.3) is 5.91 Å². The van der Waals surface area contributed by atoms with Crippen LogP contribution in [0.25, 0.3) is 22.3 Å². The van der Waals surface area contributed by atoms with Crippen molar-refractivity contribution < 1.29 is 24.9 Å². The van der Waals surface area contributed by atoms with E-state index in [0.717, 1.165) is 94.2 Å². The number of aromatic nitrogens is 1. The molecular formula is C41H51N3O5S. The van der Waals surface area contributed by atoms with Crippen molar-refractivity contribution in [2.24, 2.45) is 0 Å². The fourth-order valence-corrected chi connectivity index (χ4v) is 7.58. The second-order valence-electron chi connectivity index (χ2n) is 13.8. The predicted octanol–water partition coefficient (Wildman–Crippen LogP) is 8.32. The van der Waals surface area contributed by atoms with E-state index in [1.807, 2.05) is 30.2 Å². The van der Waals surface area contributed by atoms with Gasteiger partial charge in [0.2, 0.25) is 0 Å². The van der Waals surface area contributed by atoms with Crippen molar-refractivity contribution >= 4 is 29.5 Å². The smallest absolute Gasteiger partial charge is 0.307 e. The predicted molar refractivity (Wildman–Crippen MR) is 205 cm³/mol. The number of nitrogens with zero attached hydrogens (tertiary/aromatic N) is 3. The van der Waals surface area contributed by atoms with Crippen LogP contribution in [0.2, 0.25) is 0 Å². The fraction of sp³-hybridized carbons (Fsp3) is 0.390. The molecule has 0 saturated carbocycles. The number of aliphatic hydroxyl groups excluding tert-OH is 1. The first-order valence-electron chi connectivity index (χ1n) is 17.1. The van der Waals surface area contributed by atoms with Crippen LogP contribution in [0.15, 0.2) is 67.0 Å². The Hall–Kier alpha value is -4.18. The molecule has 0 bridgehead atoms. The highest BCUT2D eigenvalue weighted by atomic mass is 32.2. The van der Waals surface area contributed by atoms with Gasteiger partial charge in [-0.1, -0.05) is 53.9 Å². The molecule has 9 heteroatoms. The van der Waals surface area contributed by atoms with E-state index in [0.29, 0.717) is 12.1 Å². The van der Waals surface area contributed by atoms with E-state index < -0.39 is 11.6 Å². The first-order chi connectivity index (χ1) is 23.8. The van der Waals surface area contributed by atoms with Crippen LogP contribution in [-0.4, -0.2) is 62.6 Å². The minimum atomic E-state index is -0.847. The number of aryl methyl sites for hydroxylation is 1. The molecule has 0 unspecified atom stereocenters. The highest BCUT2D eigenvalue weighted by Crippen LogP contribution is 2.50. The average Bonchev–Trinajstić information content (AvgIpc) is 3.10. The van der Waals surface area contributed by atoms with Crippen molar-refractivity contribution in [1.29, 1.82) is 0 Å². The molecule has 8 nitrogen and oxygen atoms in total. The normalized spacial score (nSPS) is 15.1. The van der Waals surface area contributed by atoms with Gasteiger partial charge in [0.05, 0.1) is 30.3 Å². The monoisotopic (exact) mass is 697 g/mol. The molecule has 0 aliphatic carbocycles. The third-order valence-electron chi connectivity index (χ3n) is 9.01. The summed E-state index contributed by atoms with van der Waals surface area (Å²) in [6.45, 7) is 12.8. The molecule has 50 heavy (non-hydrogen) atoms. The van der Waals surface area contributed by atoms with Crippen LogP contribution in [0.4, 0.5) is 5.69 Å². The van der Waals surface area contributed by atoms with Crippen molar-refractivity contribution in [2.45, 2.75) is 85.4 Å².